The monoisotopic (exact) mass is 212 g/mol. The fourth-order valence-electron chi connectivity index (χ4n) is 1.46. The van der Waals surface area contributed by atoms with E-state index in [9.17, 15) is 0 Å². The van der Waals surface area contributed by atoms with Crippen LogP contribution in [0.15, 0.2) is 35.0 Å². The summed E-state index contributed by atoms with van der Waals surface area (Å²) in [4.78, 5) is 12.8. The van der Waals surface area contributed by atoms with Gasteiger partial charge in [0.05, 0.1) is 17.2 Å². The van der Waals surface area contributed by atoms with Crippen molar-refractivity contribution in [2.45, 2.75) is 6.92 Å². The van der Waals surface area contributed by atoms with E-state index in [1.165, 1.54) is 0 Å². The van der Waals surface area contributed by atoms with Crippen LogP contribution in [0.2, 0.25) is 0 Å². The molecule has 0 aliphatic heterocycles. The average Bonchev–Trinajstić information content (AvgIpc) is 2.75. The quantitative estimate of drug-likeness (QED) is 0.617. The van der Waals surface area contributed by atoms with Gasteiger partial charge in [-0.05, 0) is 19.1 Å². The molecule has 78 valence electrons. The van der Waals surface area contributed by atoms with Gasteiger partial charge in [-0.2, -0.15) is 4.98 Å². The van der Waals surface area contributed by atoms with Crippen LogP contribution in [0.5, 0.6) is 0 Å². The van der Waals surface area contributed by atoms with Crippen LogP contribution in [0.3, 0.4) is 0 Å². The first-order valence-corrected chi connectivity index (χ1v) is 4.85. The van der Waals surface area contributed by atoms with Gasteiger partial charge in [0.2, 0.25) is 0 Å². The van der Waals surface area contributed by atoms with Gasteiger partial charge in [0.25, 0.3) is 5.89 Å². The molecule has 0 radical (unpaired) electrons. The van der Waals surface area contributed by atoms with Crippen molar-refractivity contribution in [3.8, 4) is 11.6 Å². The summed E-state index contributed by atoms with van der Waals surface area (Å²) in [6.45, 7) is 1.77. The number of hydrogen-bond acceptors (Lipinski definition) is 5. The van der Waals surface area contributed by atoms with Crippen molar-refractivity contribution in [3.63, 3.8) is 0 Å². The number of fused-ring (bicyclic) bond motifs is 1. The number of nitrogens with zero attached hydrogens (tertiary/aromatic N) is 4. The molecule has 0 spiro atoms. The van der Waals surface area contributed by atoms with E-state index in [-0.39, 0.29) is 0 Å². The predicted octanol–water partition coefficient (Wildman–Crippen LogP) is 1.99. The smallest absolute Gasteiger partial charge is 0.278 e. The number of hydrogen-bond donors (Lipinski definition) is 0. The molecule has 0 fully saturated rings. The third-order valence-corrected chi connectivity index (χ3v) is 2.20. The molecule has 0 amide bonds. The molecule has 0 aliphatic carbocycles. The van der Waals surface area contributed by atoms with E-state index in [0.29, 0.717) is 17.4 Å². The van der Waals surface area contributed by atoms with E-state index >= 15 is 0 Å². The molecule has 0 saturated carbocycles. The Bertz CT molecular complexity index is 647. The Labute approximate surface area is 91.2 Å². The second-order valence-corrected chi connectivity index (χ2v) is 3.39. The van der Waals surface area contributed by atoms with Crippen molar-refractivity contribution in [1.82, 2.24) is 20.1 Å². The number of aryl methyl sites for hydroxylation is 1. The highest BCUT2D eigenvalue weighted by atomic mass is 16.5. The molecule has 1 aromatic carbocycles. The Morgan fingerprint density at radius 3 is 2.62 bits per heavy atom. The first-order chi connectivity index (χ1) is 7.83. The maximum atomic E-state index is 5.04. The molecule has 0 bridgehead atoms. The first kappa shape index (κ1) is 8.96. The zero-order valence-electron chi connectivity index (χ0n) is 8.58. The lowest BCUT2D eigenvalue weighted by Gasteiger charge is -1.96. The van der Waals surface area contributed by atoms with E-state index in [2.05, 4.69) is 20.1 Å². The zero-order valence-corrected chi connectivity index (χ0v) is 8.58. The minimum Gasteiger partial charge on any atom is -0.332 e. The van der Waals surface area contributed by atoms with Crippen LogP contribution >= 0.6 is 0 Å². The van der Waals surface area contributed by atoms with Crippen LogP contribution in [0.4, 0.5) is 0 Å². The van der Waals surface area contributed by atoms with E-state index in [1.54, 1.807) is 13.1 Å². The Kier molecular flexibility index (Phi) is 1.89. The second kappa shape index (κ2) is 3.37. The molecule has 3 aromatic rings. The molecule has 3 rings (SSSR count). The Morgan fingerprint density at radius 1 is 1.06 bits per heavy atom. The maximum Gasteiger partial charge on any atom is 0.278 e. The molecule has 0 saturated heterocycles. The van der Waals surface area contributed by atoms with Gasteiger partial charge in [-0.3, -0.25) is 4.98 Å². The van der Waals surface area contributed by atoms with Crippen LogP contribution in [-0.2, 0) is 0 Å². The first-order valence-electron chi connectivity index (χ1n) is 4.85. The van der Waals surface area contributed by atoms with E-state index in [0.717, 1.165) is 11.0 Å². The predicted molar refractivity (Wildman–Crippen MR) is 57.6 cm³/mol. The number of rotatable bonds is 1. The van der Waals surface area contributed by atoms with Gasteiger partial charge < -0.3 is 4.52 Å². The molecule has 16 heavy (non-hydrogen) atoms. The third-order valence-electron chi connectivity index (χ3n) is 2.20. The van der Waals surface area contributed by atoms with Crippen LogP contribution in [-0.4, -0.2) is 20.1 Å². The molecule has 2 heterocycles. The van der Waals surface area contributed by atoms with Crippen LogP contribution in [0.25, 0.3) is 22.6 Å². The Hall–Kier alpha value is -2.30. The van der Waals surface area contributed by atoms with Crippen molar-refractivity contribution in [2.75, 3.05) is 0 Å². The Morgan fingerprint density at radius 2 is 1.88 bits per heavy atom. The van der Waals surface area contributed by atoms with Crippen molar-refractivity contribution in [3.05, 3.63) is 36.3 Å². The van der Waals surface area contributed by atoms with Gasteiger partial charge in [0.1, 0.15) is 5.69 Å². The largest absolute Gasteiger partial charge is 0.332 e. The van der Waals surface area contributed by atoms with Crippen molar-refractivity contribution in [2.24, 2.45) is 0 Å². The summed E-state index contributed by atoms with van der Waals surface area (Å²) in [5.74, 6) is 0.987. The van der Waals surface area contributed by atoms with E-state index in [4.69, 9.17) is 4.52 Å². The third kappa shape index (κ3) is 1.42. The fraction of sp³-hybridized carbons (Fsp3) is 0.0909. The highest BCUT2D eigenvalue weighted by molar-refractivity contribution is 5.75. The molecule has 0 unspecified atom stereocenters. The molecular formula is C11H8N4O. The van der Waals surface area contributed by atoms with E-state index < -0.39 is 0 Å². The summed E-state index contributed by atoms with van der Waals surface area (Å²) in [6, 6.07) is 7.65. The van der Waals surface area contributed by atoms with Crippen molar-refractivity contribution < 1.29 is 4.52 Å². The topological polar surface area (TPSA) is 64.7 Å². The molecule has 5 nitrogen and oxygen atoms in total. The maximum absolute atomic E-state index is 5.04. The molecule has 2 aromatic heterocycles. The summed E-state index contributed by atoms with van der Waals surface area (Å²) in [5.41, 5.74) is 2.26. The fourth-order valence-corrected chi connectivity index (χ4v) is 1.46. The zero-order chi connectivity index (χ0) is 11.0. The van der Waals surface area contributed by atoms with Gasteiger partial charge in [0.15, 0.2) is 5.82 Å². The summed E-state index contributed by atoms with van der Waals surface area (Å²) in [5, 5.41) is 3.72. The van der Waals surface area contributed by atoms with Gasteiger partial charge in [-0.25, -0.2) is 4.98 Å². The molecular weight excluding hydrogens is 204 g/mol. The summed E-state index contributed by atoms with van der Waals surface area (Å²) in [7, 11) is 0. The van der Waals surface area contributed by atoms with Gasteiger partial charge in [0, 0.05) is 0 Å². The molecule has 0 N–H and O–H groups in total. The minimum absolute atomic E-state index is 0.399. The minimum atomic E-state index is 0.399. The average molecular weight is 212 g/mol. The van der Waals surface area contributed by atoms with Crippen molar-refractivity contribution in [1.29, 1.82) is 0 Å². The number of aromatic nitrogens is 4. The second-order valence-electron chi connectivity index (χ2n) is 3.39. The molecule has 5 heteroatoms. The van der Waals surface area contributed by atoms with Crippen LogP contribution in [0, 0.1) is 6.92 Å². The van der Waals surface area contributed by atoms with Gasteiger partial charge in [-0.15, -0.1) is 0 Å². The normalized spacial score (nSPS) is 10.8. The van der Waals surface area contributed by atoms with Crippen molar-refractivity contribution >= 4 is 11.0 Å². The van der Waals surface area contributed by atoms with Crippen LogP contribution in [0.1, 0.15) is 5.82 Å². The Balaban J connectivity index is 2.18. The lowest BCUT2D eigenvalue weighted by atomic mass is 10.3. The standard InChI is InChI=1S/C11H8N4O/c1-7-13-11(16-15-7)10-6-12-8-4-2-3-5-9(8)14-10/h2-6H,1H3. The molecule has 0 atom stereocenters. The summed E-state index contributed by atoms with van der Waals surface area (Å²) in [6.07, 6.45) is 1.63. The summed E-state index contributed by atoms with van der Waals surface area (Å²) >= 11 is 0. The highest BCUT2D eigenvalue weighted by Crippen LogP contribution is 2.16. The summed E-state index contributed by atoms with van der Waals surface area (Å²) < 4.78 is 5.04. The van der Waals surface area contributed by atoms with Crippen LogP contribution < -0.4 is 0 Å². The lowest BCUT2D eigenvalue weighted by molar-refractivity contribution is 0.424. The van der Waals surface area contributed by atoms with Gasteiger partial charge in [-0.1, -0.05) is 17.3 Å². The number of para-hydroxylation sites is 2. The molecule has 0 aliphatic rings. The lowest BCUT2D eigenvalue weighted by Crippen LogP contribution is -1.88. The SMILES string of the molecule is Cc1noc(-c2cnc3ccccc3n2)n1. The highest BCUT2D eigenvalue weighted by Gasteiger charge is 2.08. The number of benzene rings is 1. The van der Waals surface area contributed by atoms with Gasteiger partial charge >= 0.3 is 0 Å². The van der Waals surface area contributed by atoms with E-state index in [1.807, 2.05) is 24.3 Å².